The van der Waals surface area contributed by atoms with Crippen LogP contribution in [0.2, 0.25) is 0 Å². The number of aliphatic hydroxyl groups is 1. The van der Waals surface area contributed by atoms with Gasteiger partial charge in [0, 0.05) is 0 Å². The van der Waals surface area contributed by atoms with Crippen molar-refractivity contribution in [2.45, 2.75) is 34.1 Å². The summed E-state index contributed by atoms with van der Waals surface area (Å²) >= 11 is 0. The third-order valence-corrected chi connectivity index (χ3v) is 2.38. The SMILES string of the molecule is Cc1cccc(C)c1O/C(O)=C/CC(C)C. The standard InChI is InChI=1S/C14H20O2/c1-10(2)8-9-13(15)16-14-11(3)6-5-7-12(14)4/h5-7,9-10,15H,8H2,1-4H3/b13-9+. The van der Waals surface area contributed by atoms with Gasteiger partial charge in [-0.25, -0.2) is 0 Å². The second-order valence-electron chi connectivity index (χ2n) is 4.49. The average Bonchev–Trinajstić information content (AvgIpc) is 2.21. The van der Waals surface area contributed by atoms with E-state index in [-0.39, 0.29) is 5.95 Å². The Morgan fingerprint density at radius 1 is 1.31 bits per heavy atom. The van der Waals surface area contributed by atoms with Crippen LogP contribution in [0.15, 0.2) is 30.2 Å². The van der Waals surface area contributed by atoms with E-state index in [1.54, 1.807) is 6.08 Å². The van der Waals surface area contributed by atoms with E-state index in [1.807, 2.05) is 32.0 Å². The highest BCUT2D eigenvalue weighted by atomic mass is 16.6. The van der Waals surface area contributed by atoms with Crippen molar-refractivity contribution in [3.05, 3.63) is 41.3 Å². The maximum Gasteiger partial charge on any atom is 0.277 e. The largest absolute Gasteiger partial charge is 0.481 e. The average molecular weight is 220 g/mol. The molecule has 0 atom stereocenters. The van der Waals surface area contributed by atoms with Gasteiger partial charge in [-0.15, -0.1) is 0 Å². The number of aryl methyl sites for hydroxylation is 2. The van der Waals surface area contributed by atoms with Crippen molar-refractivity contribution in [3.63, 3.8) is 0 Å². The van der Waals surface area contributed by atoms with Crippen LogP contribution in [0.4, 0.5) is 0 Å². The quantitative estimate of drug-likeness (QED) is 0.773. The Kier molecular flexibility index (Phi) is 4.41. The number of rotatable bonds is 4. The van der Waals surface area contributed by atoms with Crippen molar-refractivity contribution in [3.8, 4) is 5.75 Å². The van der Waals surface area contributed by atoms with Gasteiger partial charge in [0.15, 0.2) is 0 Å². The Morgan fingerprint density at radius 3 is 2.38 bits per heavy atom. The van der Waals surface area contributed by atoms with Gasteiger partial charge in [0.1, 0.15) is 5.75 Å². The molecule has 1 rings (SSSR count). The summed E-state index contributed by atoms with van der Waals surface area (Å²) in [6, 6.07) is 5.92. The molecule has 1 aromatic carbocycles. The molecule has 0 aliphatic rings. The summed E-state index contributed by atoms with van der Waals surface area (Å²) in [6.45, 7) is 8.14. The molecule has 1 aromatic rings. The van der Waals surface area contributed by atoms with Gasteiger partial charge in [-0.2, -0.15) is 0 Å². The zero-order valence-electron chi connectivity index (χ0n) is 10.4. The molecule has 2 nitrogen and oxygen atoms in total. The Hall–Kier alpha value is -1.44. The van der Waals surface area contributed by atoms with Gasteiger partial charge < -0.3 is 9.84 Å². The number of hydrogen-bond acceptors (Lipinski definition) is 2. The number of aliphatic hydroxyl groups excluding tert-OH is 1. The van der Waals surface area contributed by atoms with Crippen LogP contribution >= 0.6 is 0 Å². The van der Waals surface area contributed by atoms with E-state index in [0.29, 0.717) is 5.92 Å². The molecule has 0 heterocycles. The molecule has 0 bridgehead atoms. The summed E-state index contributed by atoms with van der Waals surface area (Å²) in [4.78, 5) is 0. The van der Waals surface area contributed by atoms with Gasteiger partial charge in [0.25, 0.3) is 5.95 Å². The monoisotopic (exact) mass is 220 g/mol. The summed E-state index contributed by atoms with van der Waals surface area (Å²) in [5, 5.41) is 9.64. The van der Waals surface area contributed by atoms with Crippen LogP contribution in [0, 0.1) is 19.8 Å². The van der Waals surface area contributed by atoms with Crippen LogP contribution in [0.25, 0.3) is 0 Å². The van der Waals surface area contributed by atoms with Crippen molar-refractivity contribution in [2.75, 3.05) is 0 Å². The minimum atomic E-state index is -0.00824. The molecular formula is C14H20O2. The summed E-state index contributed by atoms with van der Waals surface area (Å²) < 4.78 is 5.44. The van der Waals surface area contributed by atoms with E-state index in [2.05, 4.69) is 13.8 Å². The molecule has 0 fully saturated rings. The fraction of sp³-hybridized carbons (Fsp3) is 0.429. The first-order valence-electron chi connectivity index (χ1n) is 5.64. The molecule has 88 valence electrons. The Labute approximate surface area is 97.6 Å². The zero-order valence-corrected chi connectivity index (χ0v) is 10.4. The Balaban J connectivity index is 2.76. The van der Waals surface area contributed by atoms with Crippen molar-refractivity contribution < 1.29 is 9.84 Å². The van der Waals surface area contributed by atoms with Gasteiger partial charge >= 0.3 is 0 Å². The zero-order chi connectivity index (χ0) is 12.1. The lowest BCUT2D eigenvalue weighted by Crippen LogP contribution is -1.98. The fourth-order valence-electron chi connectivity index (χ4n) is 1.44. The van der Waals surface area contributed by atoms with Crippen LogP contribution in [-0.4, -0.2) is 5.11 Å². The summed E-state index contributed by atoms with van der Waals surface area (Å²) in [7, 11) is 0. The number of hydrogen-bond donors (Lipinski definition) is 1. The predicted octanol–water partition coefficient (Wildman–Crippen LogP) is 4.13. The molecule has 2 heteroatoms. The summed E-state index contributed by atoms with van der Waals surface area (Å²) in [5.74, 6) is 1.26. The van der Waals surface area contributed by atoms with Crippen LogP contribution in [-0.2, 0) is 0 Å². The van der Waals surface area contributed by atoms with Crippen LogP contribution in [0.3, 0.4) is 0 Å². The van der Waals surface area contributed by atoms with Gasteiger partial charge in [-0.05, 0) is 43.4 Å². The first-order valence-corrected chi connectivity index (χ1v) is 5.64. The van der Waals surface area contributed by atoms with E-state index in [9.17, 15) is 5.11 Å². The number of para-hydroxylation sites is 1. The van der Waals surface area contributed by atoms with Crippen LogP contribution in [0.1, 0.15) is 31.4 Å². The second-order valence-corrected chi connectivity index (χ2v) is 4.49. The smallest absolute Gasteiger partial charge is 0.277 e. The molecule has 0 spiro atoms. The van der Waals surface area contributed by atoms with E-state index in [0.717, 1.165) is 23.3 Å². The summed E-state index contributed by atoms with van der Waals surface area (Å²) in [6.07, 6.45) is 2.54. The minimum Gasteiger partial charge on any atom is -0.481 e. The lowest BCUT2D eigenvalue weighted by Gasteiger charge is -2.10. The van der Waals surface area contributed by atoms with Crippen molar-refractivity contribution in [2.24, 2.45) is 5.92 Å². The lowest BCUT2D eigenvalue weighted by atomic mass is 10.1. The molecule has 0 aliphatic carbocycles. The maximum absolute atomic E-state index is 9.64. The van der Waals surface area contributed by atoms with Crippen molar-refractivity contribution >= 4 is 0 Å². The number of ether oxygens (including phenoxy) is 1. The van der Waals surface area contributed by atoms with Gasteiger partial charge in [0.2, 0.25) is 0 Å². The molecule has 0 unspecified atom stereocenters. The molecule has 16 heavy (non-hydrogen) atoms. The highest BCUT2D eigenvalue weighted by Gasteiger charge is 2.05. The predicted molar refractivity (Wildman–Crippen MR) is 66.7 cm³/mol. The molecule has 0 saturated heterocycles. The van der Waals surface area contributed by atoms with Crippen LogP contribution in [0.5, 0.6) is 5.75 Å². The van der Waals surface area contributed by atoms with Gasteiger partial charge in [-0.1, -0.05) is 32.0 Å². The first-order chi connectivity index (χ1) is 7.50. The maximum atomic E-state index is 9.64. The topological polar surface area (TPSA) is 29.5 Å². The van der Waals surface area contributed by atoms with E-state index in [4.69, 9.17) is 4.74 Å². The Morgan fingerprint density at radius 2 is 1.88 bits per heavy atom. The normalized spacial score (nSPS) is 11.9. The number of benzene rings is 1. The van der Waals surface area contributed by atoms with E-state index in [1.165, 1.54) is 0 Å². The fourth-order valence-corrected chi connectivity index (χ4v) is 1.44. The first kappa shape index (κ1) is 12.6. The number of allylic oxidation sites excluding steroid dienone is 1. The summed E-state index contributed by atoms with van der Waals surface area (Å²) in [5.41, 5.74) is 2.06. The molecule has 0 saturated carbocycles. The Bertz CT molecular complexity index is 358. The molecule has 0 aliphatic heterocycles. The van der Waals surface area contributed by atoms with Crippen molar-refractivity contribution in [1.82, 2.24) is 0 Å². The molecule has 0 amide bonds. The molecule has 0 aromatic heterocycles. The molecular weight excluding hydrogens is 200 g/mol. The third-order valence-electron chi connectivity index (χ3n) is 2.38. The third kappa shape index (κ3) is 3.61. The highest BCUT2D eigenvalue weighted by Crippen LogP contribution is 2.24. The molecule has 1 N–H and O–H groups in total. The van der Waals surface area contributed by atoms with Crippen molar-refractivity contribution in [1.29, 1.82) is 0 Å². The van der Waals surface area contributed by atoms with E-state index >= 15 is 0 Å². The minimum absolute atomic E-state index is 0.00824. The highest BCUT2D eigenvalue weighted by molar-refractivity contribution is 5.40. The van der Waals surface area contributed by atoms with E-state index < -0.39 is 0 Å². The van der Waals surface area contributed by atoms with Gasteiger partial charge in [0.05, 0.1) is 0 Å². The molecule has 0 radical (unpaired) electrons. The second kappa shape index (κ2) is 5.59. The van der Waals surface area contributed by atoms with Crippen LogP contribution < -0.4 is 4.74 Å². The van der Waals surface area contributed by atoms with Gasteiger partial charge in [-0.3, -0.25) is 0 Å². The lowest BCUT2D eigenvalue weighted by molar-refractivity contribution is 0.204.